The Hall–Kier alpha value is -2.54. The van der Waals surface area contributed by atoms with E-state index in [0.717, 1.165) is 0 Å². The molecule has 1 aromatic heterocycles. The fourth-order valence-electron chi connectivity index (χ4n) is 3.73. The molecule has 0 unspecified atom stereocenters. The Morgan fingerprint density at radius 2 is 1.75 bits per heavy atom. The largest absolute Gasteiger partial charge is 0.472 e. The molecule has 0 aliphatic heterocycles. The van der Waals surface area contributed by atoms with Crippen molar-refractivity contribution in [1.82, 2.24) is 0 Å². The third-order valence-corrected chi connectivity index (χ3v) is 4.94. The molecule has 0 spiro atoms. The van der Waals surface area contributed by atoms with Crippen LogP contribution in [0.3, 0.4) is 0 Å². The fourth-order valence-corrected chi connectivity index (χ4v) is 3.73. The van der Waals surface area contributed by atoms with Crippen LogP contribution >= 0.6 is 0 Å². The van der Waals surface area contributed by atoms with Crippen molar-refractivity contribution < 1.29 is 4.42 Å². The van der Waals surface area contributed by atoms with E-state index >= 15 is 0 Å². The molecule has 1 heterocycles. The first-order valence-corrected chi connectivity index (χ1v) is 8.71. The van der Waals surface area contributed by atoms with Crippen LogP contribution in [-0.2, 0) is 19.3 Å². The Morgan fingerprint density at radius 3 is 2.54 bits per heavy atom. The summed E-state index contributed by atoms with van der Waals surface area (Å²) < 4.78 is 4.71. The number of hydrogen-bond acceptors (Lipinski definition) is 1. The summed E-state index contributed by atoms with van der Waals surface area (Å²) in [6.07, 6.45) is 12.8. The minimum atomic E-state index is 1.18. The minimum Gasteiger partial charge on any atom is -0.472 e. The fraction of sp³-hybridized carbons (Fsp3) is 0.217. The number of furan rings is 1. The highest BCUT2D eigenvalue weighted by Crippen LogP contribution is 2.38. The monoisotopic (exact) mass is 314 g/mol. The van der Waals surface area contributed by atoms with E-state index in [0.29, 0.717) is 0 Å². The van der Waals surface area contributed by atoms with Crippen molar-refractivity contribution in [3.05, 3.63) is 88.9 Å². The Kier molecular flexibility index (Phi) is 4.08. The van der Waals surface area contributed by atoms with E-state index in [1.54, 1.807) is 23.7 Å². The lowest BCUT2D eigenvalue weighted by Crippen LogP contribution is -2.09. The van der Waals surface area contributed by atoms with Crippen LogP contribution in [0.5, 0.6) is 0 Å². The predicted molar refractivity (Wildman–Crippen MR) is 100 cm³/mol. The van der Waals surface area contributed by atoms with Gasteiger partial charge in [-0.1, -0.05) is 48.6 Å². The quantitative estimate of drug-likeness (QED) is 0.496. The zero-order valence-electron chi connectivity index (χ0n) is 14.1. The summed E-state index contributed by atoms with van der Waals surface area (Å²) in [5.41, 5.74) is 10.3. The maximum Gasteiger partial charge on any atom is 0.0931 e. The molecule has 5 rings (SSSR count). The first-order valence-electron chi connectivity index (χ1n) is 8.71. The molecule has 0 N–H and O–H groups in total. The highest BCUT2D eigenvalue weighted by Gasteiger charge is 2.20. The molecule has 0 saturated carbocycles. The molecule has 0 radical (unpaired) electrons. The molecule has 1 nitrogen and oxygen atoms in total. The van der Waals surface area contributed by atoms with Crippen LogP contribution < -0.4 is 0 Å². The summed E-state index contributed by atoms with van der Waals surface area (Å²) in [7, 11) is 0. The van der Waals surface area contributed by atoms with Gasteiger partial charge in [0.05, 0.1) is 12.5 Å². The number of allylic oxidation sites excluding steroid dienone is 1. The second-order valence-corrected chi connectivity index (χ2v) is 6.56. The van der Waals surface area contributed by atoms with Crippen LogP contribution in [0.15, 0.2) is 65.5 Å². The van der Waals surface area contributed by atoms with Crippen LogP contribution in [0.4, 0.5) is 0 Å². The van der Waals surface area contributed by atoms with Crippen LogP contribution in [-0.4, -0.2) is 0 Å². The van der Waals surface area contributed by atoms with Crippen LogP contribution in [0.1, 0.15) is 34.2 Å². The lowest BCUT2D eigenvalue weighted by molar-refractivity contribution is 0.565. The van der Waals surface area contributed by atoms with Gasteiger partial charge in [-0.25, -0.2) is 0 Å². The molecule has 0 bridgehead atoms. The molecular formula is C23H22O. The van der Waals surface area contributed by atoms with E-state index in [2.05, 4.69) is 48.6 Å². The Bertz CT molecular complexity index is 869. The average Bonchev–Trinajstić information content (AvgIpc) is 3.12. The van der Waals surface area contributed by atoms with Crippen molar-refractivity contribution in [2.75, 3.05) is 0 Å². The van der Waals surface area contributed by atoms with Crippen LogP contribution in [0, 0.1) is 6.92 Å². The summed E-state index contributed by atoms with van der Waals surface area (Å²) in [5, 5.41) is 0. The number of rotatable bonds is 0. The van der Waals surface area contributed by atoms with Crippen molar-refractivity contribution in [1.29, 1.82) is 0 Å². The van der Waals surface area contributed by atoms with Gasteiger partial charge in [-0.05, 0) is 77.6 Å². The summed E-state index contributed by atoms with van der Waals surface area (Å²) in [6.45, 7) is 1.99. The molecule has 2 aliphatic carbocycles. The smallest absolute Gasteiger partial charge is 0.0931 e. The lowest BCUT2D eigenvalue weighted by Gasteiger charge is -2.25. The zero-order valence-corrected chi connectivity index (χ0v) is 14.1. The second kappa shape index (κ2) is 6.52. The molecular weight excluding hydrogens is 292 g/mol. The lowest BCUT2D eigenvalue weighted by atomic mass is 9.80. The molecule has 120 valence electrons. The molecule has 24 heavy (non-hydrogen) atoms. The summed E-state index contributed by atoms with van der Waals surface area (Å²) in [4.78, 5) is 0. The summed E-state index contributed by atoms with van der Waals surface area (Å²) in [5.74, 6) is 0. The first-order chi connectivity index (χ1) is 11.8. The van der Waals surface area contributed by atoms with Crippen LogP contribution in [0.25, 0.3) is 17.2 Å². The minimum absolute atomic E-state index is 1.18. The van der Waals surface area contributed by atoms with Gasteiger partial charge in [-0.3, -0.25) is 0 Å². The van der Waals surface area contributed by atoms with Gasteiger partial charge in [0.15, 0.2) is 0 Å². The van der Waals surface area contributed by atoms with E-state index < -0.39 is 0 Å². The van der Waals surface area contributed by atoms with Crippen molar-refractivity contribution >= 4 is 6.08 Å². The maximum atomic E-state index is 4.71. The highest BCUT2D eigenvalue weighted by atomic mass is 16.3. The molecule has 0 atom stereocenters. The molecule has 0 saturated heterocycles. The van der Waals surface area contributed by atoms with Gasteiger partial charge in [0.25, 0.3) is 0 Å². The van der Waals surface area contributed by atoms with Gasteiger partial charge in [0, 0.05) is 0 Å². The first kappa shape index (κ1) is 15.0. The molecule has 0 fully saturated rings. The third-order valence-electron chi connectivity index (χ3n) is 4.94. The van der Waals surface area contributed by atoms with Gasteiger partial charge < -0.3 is 4.42 Å². The van der Waals surface area contributed by atoms with E-state index in [-0.39, 0.29) is 0 Å². The maximum absolute atomic E-state index is 4.71. The third kappa shape index (κ3) is 2.82. The summed E-state index contributed by atoms with van der Waals surface area (Å²) >= 11 is 0. The van der Waals surface area contributed by atoms with E-state index in [4.69, 9.17) is 4.42 Å². The van der Waals surface area contributed by atoms with Gasteiger partial charge in [-0.2, -0.15) is 0 Å². The van der Waals surface area contributed by atoms with Gasteiger partial charge >= 0.3 is 0 Å². The molecule has 2 aromatic carbocycles. The molecule has 2 aliphatic rings. The average molecular weight is 314 g/mol. The van der Waals surface area contributed by atoms with E-state index in [9.17, 15) is 0 Å². The van der Waals surface area contributed by atoms with Crippen molar-refractivity contribution in [3.8, 4) is 11.1 Å². The van der Waals surface area contributed by atoms with E-state index in [1.165, 1.54) is 53.5 Å². The molecule has 0 amide bonds. The normalized spacial score (nSPS) is 14.0. The number of benzene rings is 2. The number of aryl methyl sites for hydroxylation is 2. The van der Waals surface area contributed by atoms with Crippen molar-refractivity contribution in [2.24, 2.45) is 0 Å². The zero-order chi connectivity index (χ0) is 16.4. The number of fused-ring (bicyclic) bond motifs is 5. The molecule has 1 heteroatoms. The van der Waals surface area contributed by atoms with Crippen molar-refractivity contribution in [2.45, 2.75) is 32.6 Å². The SMILES string of the molecule is C1=Cc2ccc3c(c2CC1)CCc1ccccc1-3.Cc1ccoc1. The topological polar surface area (TPSA) is 13.1 Å². The van der Waals surface area contributed by atoms with E-state index in [1.807, 2.05) is 13.0 Å². The molecule has 3 aromatic rings. The van der Waals surface area contributed by atoms with Crippen molar-refractivity contribution in [3.63, 3.8) is 0 Å². The van der Waals surface area contributed by atoms with Crippen LogP contribution in [0.2, 0.25) is 0 Å². The number of hydrogen-bond donors (Lipinski definition) is 0. The second-order valence-electron chi connectivity index (χ2n) is 6.56. The highest BCUT2D eigenvalue weighted by molar-refractivity contribution is 5.77. The van der Waals surface area contributed by atoms with Gasteiger partial charge in [0.1, 0.15) is 0 Å². The summed E-state index contributed by atoms with van der Waals surface area (Å²) in [6, 6.07) is 15.4. The Labute approximate surface area is 143 Å². The van der Waals surface area contributed by atoms with Gasteiger partial charge in [0.2, 0.25) is 0 Å². The standard InChI is InChI=1S/C18H16.C5H6O/c1-3-7-15-13(5-1)9-11-18-16-8-4-2-6-14(16)10-12-17(15)18;1-5-2-3-6-4-5/h1-3,5-7,10,12H,4,8-9,11H2;2-4H,1H3. The Balaban J connectivity index is 0.000000207. The predicted octanol–water partition coefficient (Wildman–Crippen LogP) is 6.00. The Morgan fingerprint density at radius 1 is 0.833 bits per heavy atom. The van der Waals surface area contributed by atoms with Gasteiger partial charge in [-0.15, -0.1) is 0 Å².